The number of Topliss-reactive ketones (excluding diaryl/α,β-unsaturated/α-hetero) is 1. The van der Waals surface area contributed by atoms with Crippen molar-refractivity contribution in [2.45, 2.75) is 45.9 Å². The summed E-state index contributed by atoms with van der Waals surface area (Å²) in [7, 11) is 2.98. The van der Waals surface area contributed by atoms with E-state index in [1.807, 2.05) is 13.8 Å². The molecule has 0 saturated heterocycles. The van der Waals surface area contributed by atoms with Crippen molar-refractivity contribution in [1.82, 2.24) is 14.5 Å². The van der Waals surface area contributed by atoms with Gasteiger partial charge in [-0.05, 0) is 29.7 Å². The number of pyridine rings is 2. The quantitative estimate of drug-likeness (QED) is 0.415. The van der Waals surface area contributed by atoms with Crippen molar-refractivity contribution >= 4 is 28.3 Å². The van der Waals surface area contributed by atoms with E-state index in [0.717, 1.165) is 0 Å². The number of fused-ring (bicyclic) bond motifs is 5. The third kappa shape index (κ3) is 3.96. The highest BCUT2D eigenvalue weighted by atomic mass is 19.1. The maximum Gasteiger partial charge on any atom is 0.254 e. The molecule has 0 spiro atoms. The average molecular weight is 497 g/mol. The first kappa shape index (κ1) is 25.5. The molecule has 0 bridgehead atoms. The number of benzene rings is 1. The number of amides is 1. The molecule has 36 heavy (non-hydrogen) atoms. The Balaban J connectivity index is 0.00000148. The van der Waals surface area contributed by atoms with Crippen LogP contribution in [-0.4, -0.2) is 52.0 Å². The zero-order valence-electron chi connectivity index (χ0n) is 20.7. The zero-order chi connectivity index (χ0) is 26.3. The van der Waals surface area contributed by atoms with E-state index >= 15 is 0 Å². The number of nitrogens with two attached hydrogens (primary N) is 1. The molecule has 2 aromatic heterocycles. The number of likely N-dealkylation sites (N-methyl/N-ethyl adjacent to an activating group) is 1. The summed E-state index contributed by atoms with van der Waals surface area (Å²) in [5, 5.41) is 9.84. The molecule has 1 amide bonds. The number of hydrogen-bond donors (Lipinski definition) is 2. The molecule has 3 aromatic rings. The smallest absolute Gasteiger partial charge is 0.254 e. The Morgan fingerprint density at radius 1 is 1.25 bits per heavy atom. The molecule has 0 radical (unpaired) electrons. The fourth-order valence-electron chi connectivity index (χ4n) is 4.93. The second-order valence-corrected chi connectivity index (χ2v) is 8.65. The third-order valence-electron chi connectivity index (χ3n) is 6.70. The number of carbonyl (C=O) groups is 2. The molecule has 5 rings (SSSR count). The summed E-state index contributed by atoms with van der Waals surface area (Å²) in [6, 6.07) is 4.45. The van der Waals surface area contributed by atoms with Crippen LogP contribution in [0.15, 0.2) is 23.0 Å². The lowest BCUT2D eigenvalue weighted by molar-refractivity contribution is -0.133. The molecule has 3 N–H and O–H groups in total. The molecule has 10 heteroatoms. The van der Waals surface area contributed by atoms with Crippen molar-refractivity contribution in [3.63, 3.8) is 0 Å². The number of hydrogen-bond acceptors (Lipinski definition) is 7. The highest BCUT2D eigenvalue weighted by molar-refractivity contribution is 5.91. The Kier molecular flexibility index (Phi) is 6.92. The van der Waals surface area contributed by atoms with E-state index in [1.165, 1.54) is 24.1 Å². The first-order valence-corrected chi connectivity index (χ1v) is 11.8. The minimum atomic E-state index is -0.822. The van der Waals surface area contributed by atoms with Gasteiger partial charge in [0.1, 0.15) is 18.5 Å². The van der Waals surface area contributed by atoms with Crippen LogP contribution < -0.4 is 11.3 Å². The average Bonchev–Trinajstić information content (AvgIpc) is 3.24. The topological polar surface area (TPSA) is 128 Å². The highest BCUT2D eigenvalue weighted by Gasteiger charge is 2.34. The highest BCUT2D eigenvalue weighted by Crippen LogP contribution is 2.39. The predicted octanol–water partition coefficient (Wildman–Crippen LogP) is 2.33. The van der Waals surface area contributed by atoms with Gasteiger partial charge in [0, 0.05) is 49.7 Å². The van der Waals surface area contributed by atoms with Crippen LogP contribution in [0.1, 0.15) is 48.6 Å². The number of rotatable bonds is 4. The van der Waals surface area contributed by atoms with Crippen LogP contribution >= 0.6 is 0 Å². The van der Waals surface area contributed by atoms with Crippen molar-refractivity contribution in [2.24, 2.45) is 0 Å². The summed E-state index contributed by atoms with van der Waals surface area (Å²) >= 11 is 0. The van der Waals surface area contributed by atoms with E-state index in [9.17, 15) is 23.9 Å². The number of methoxy groups -OCH3 is 1. The number of anilines is 1. The molecular formula is C26H29FN4O5. The molecule has 0 fully saturated rings. The van der Waals surface area contributed by atoms with Crippen LogP contribution in [0.4, 0.5) is 10.1 Å². The van der Waals surface area contributed by atoms with Gasteiger partial charge in [-0.1, -0.05) is 13.8 Å². The summed E-state index contributed by atoms with van der Waals surface area (Å²) in [5.41, 5.74) is 9.29. The number of ketones is 1. The minimum Gasteiger partial charge on any atom is -0.396 e. The Morgan fingerprint density at radius 2 is 1.97 bits per heavy atom. The maximum atomic E-state index is 14.3. The first-order chi connectivity index (χ1) is 17.2. The predicted molar refractivity (Wildman–Crippen MR) is 133 cm³/mol. The van der Waals surface area contributed by atoms with Gasteiger partial charge in [-0.15, -0.1) is 0 Å². The fraction of sp³-hybridized carbons (Fsp3) is 0.385. The van der Waals surface area contributed by atoms with Crippen molar-refractivity contribution in [3.05, 3.63) is 56.6 Å². The van der Waals surface area contributed by atoms with Gasteiger partial charge < -0.3 is 25.0 Å². The van der Waals surface area contributed by atoms with E-state index in [2.05, 4.69) is 4.98 Å². The van der Waals surface area contributed by atoms with Gasteiger partial charge in [0.2, 0.25) is 5.91 Å². The largest absolute Gasteiger partial charge is 0.396 e. The molecule has 9 nitrogen and oxygen atoms in total. The van der Waals surface area contributed by atoms with Crippen molar-refractivity contribution in [1.29, 1.82) is 0 Å². The van der Waals surface area contributed by atoms with Gasteiger partial charge in [-0.25, -0.2) is 9.37 Å². The first-order valence-electron chi connectivity index (χ1n) is 11.8. The summed E-state index contributed by atoms with van der Waals surface area (Å²) in [5.74, 6) is -1.21. The Bertz CT molecular complexity index is 1450. The molecule has 190 valence electrons. The molecule has 1 atom stereocenters. The van der Waals surface area contributed by atoms with Gasteiger partial charge in [0.15, 0.2) is 5.78 Å². The van der Waals surface area contributed by atoms with Gasteiger partial charge in [0.05, 0.1) is 29.1 Å². The number of halogens is 1. The number of aliphatic hydroxyl groups is 1. The number of aliphatic hydroxyl groups excluding tert-OH is 1. The Morgan fingerprint density at radius 3 is 2.64 bits per heavy atom. The summed E-state index contributed by atoms with van der Waals surface area (Å²) in [6.45, 7) is 3.66. The van der Waals surface area contributed by atoms with Crippen LogP contribution in [-0.2, 0) is 33.8 Å². The molecule has 0 saturated carbocycles. The number of nitrogen functional groups attached to an aromatic ring is 1. The normalized spacial score (nSPS) is 15.6. The number of carbonyl (C=O) groups excluding carboxylic acids is 2. The lowest BCUT2D eigenvalue weighted by atomic mass is 9.88. The van der Waals surface area contributed by atoms with Gasteiger partial charge in [-0.2, -0.15) is 0 Å². The number of ether oxygens (including phenoxy) is 1. The standard InChI is InChI=1S/C24H23FN4O5.C2H6/c1-28(21(32)10-30)8-14-12-5-17(26)16(25)7-18(12)27-22-15(14)9-29-19(22)6-13-11(24(29)33)3-4-20(31)23(13)34-2;1-2/h5-7,23,30H,3-4,8-10,26H2,1-2H3;1-2H3. The second kappa shape index (κ2) is 9.79. The summed E-state index contributed by atoms with van der Waals surface area (Å²) < 4.78 is 21.3. The number of nitrogens with zero attached hydrogens (tertiary/aromatic N) is 3. The molecule has 1 unspecified atom stereocenters. The number of aromatic nitrogens is 2. The summed E-state index contributed by atoms with van der Waals surface area (Å²) in [4.78, 5) is 43.9. The van der Waals surface area contributed by atoms with Crippen molar-refractivity contribution < 1.29 is 23.8 Å². The second-order valence-electron chi connectivity index (χ2n) is 8.65. The molecule has 1 aliphatic heterocycles. The van der Waals surface area contributed by atoms with E-state index in [0.29, 0.717) is 51.0 Å². The van der Waals surface area contributed by atoms with E-state index in [1.54, 1.807) is 17.7 Å². The Labute approximate surface area is 207 Å². The SMILES string of the molecule is CC.COC1C(=O)CCc2c1cc1n(c2=O)Cc2c-1nc1cc(F)c(N)cc1c2CN(C)C(=O)CO. The van der Waals surface area contributed by atoms with E-state index in [4.69, 9.17) is 10.5 Å². The van der Waals surface area contributed by atoms with Crippen LogP contribution in [0, 0.1) is 5.82 Å². The molecular weight excluding hydrogens is 467 g/mol. The Hall–Kier alpha value is -3.63. The monoisotopic (exact) mass is 496 g/mol. The fourth-order valence-corrected chi connectivity index (χ4v) is 4.93. The van der Waals surface area contributed by atoms with E-state index < -0.39 is 24.4 Å². The molecule has 1 aliphatic carbocycles. The minimum absolute atomic E-state index is 0.0590. The zero-order valence-corrected chi connectivity index (χ0v) is 20.7. The van der Waals surface area contributed by atoms with Gasteiger partial charge >= 0.3 is 0 Å². The molecule has 1 aromatic carbocycles. The third-order valence-corrected chi connectivity index (χ3v) is 6.70. The maximum absolute atomic E-state index is 14.3. The molecule has 2 aliphatic rings. The lowest BCUT2D eigenvalue weighted by Gasteiger charge is -2.23. The van der Waals surface area contributed by atoms with Gasteiger partial charge in [-0.3, -0.25) is 14.4 Å². The summed E-state index contributed by atoms with van der Waals surface area (Å²) in [6.07, 6.45) is -0.259. The van der Waals surface area contributed by atoms with Crippen LogP contribution in [0.2, 0.25) is 0 Å². The van der Waals surface area contributed by atoms with Crippen molar-refractivity contribution in [2.75, 3.05) is 26.5 Å². The van der Waals surface area contributed by atoms with Crippen LogP contribution in [0.3, 0.4) is 0 Å². The van der Waals surface area contributed by atoms with Crippen molar-refractivity contribution in [3.8, 4) is 11.4 Å². The van der Waals surface area contributed by atoms with E-state index in [-0.39, 0.29) is 36.5 Å². The molecule has 3 heterocycles. The van der Waals surface area contributed by atoms with Crippen LogP contribution in [0.25, 0.3) is 22.3 Å². The van der Waals surface area contributed by atoms with Gasteiger partial charge in [0.25, 0.3) is 5.56 Å². The van der Waals surface area contributed by atoms with Crippen LogP contribution in [0.5, 0.6) is 0 Å². The lowest BCUT2D eigenvalue weighted by Crippen LogP contribution is -2.32.